The Bertz CT molecular complexity index is 1140. The first-order valence-corrected chi connectivity index (χ1v) is 9.78. The van der Waals surface area contributed by atoms with Gasteiger partial charge in [0.2, 0.25) is 15.9 Å². The first kappa shape index (κ1) is 19.7. The van der Waals surface area contributed by atoms with Crippen molar-refractivity contribution in [2.75, 3.05) is 12.4 Å². The molecular weight excluding hydrogens is 385 g/mol. The molecule has 0 radical (unpaired) electrons. The highest BCUT2D eigenvalue weighted by Crippen LogP contribution is 2.25. The average Bonchev–Trinajstić information content (AvgIpc) is 3.01. The van der Waals surface area contributed by atoms with Crippen LogP contribution in [0.3, 0.4) is 0 Å². The minimum absolute atomic E-state index is 0.207. The number of hydrogen-bond acceptors (Lipinski definition) is 5. The van der Waals surface area contributed by atoms with Gasteiger partial charge in [-0.05, 0) is 57.3 Å². The van der Waals surface area contributed by atoms with Crippen LogP contribution in [0, 0.1) is 19.7 Å². The number of aromatic nitrogens is 1. The number of benzene rings is 2. The van der Waals surface area contributed by atoms with Gasteiger partial charge in [0.05, 0.1) is 16.2 Å². The summed E-state index contributed by atoms with van der Waals surface area (Å²) < 4.78 is 45.6. The Labute approximate surface area is 161 Å². The van der Waals surface area contributed by atoms with Crippen molar-refractivity contribution in [2.24, 2.45) is 0 Å². The van der Waals surface area contributed by atoms with Crippen LogP contribution in [0.2, 0.25) is 0 Å². The van der Waals surface area contributed by atoms with Crippen LogP contribution in [0.1, 0.15) is 21.8 Å². The number of sulfonamides is 1. The number of nitrogens with zero attached hydrogens (tertiary/aromatic N) is 1. The zero-order chi connectivity index (χ0) is 20.5. The Hall–Kier alpha value is -3.04. The van der Waals surface area contributed by atoms with E-state index in [2.05, 4.69) is 15.0 Å². The van der Waals surface area contributed by atoms with Crippen molar-refractivity contribution in [1.82, 2.24) is 9.71 Å². The van der Waals surface area contributed by atoms with E-state index >= 15 is 0 Å². The Morgan fingerprint density at radius 2 is 1.89 bits per heavy atom. The van der Waals surface area contributed by atoms with E-state index in [0.29, 0.717) is 22.9 Å². The van der Waals surface area contributed by atoms with Gasteiger partial charge in [-0.1, -0.05) is 6.07 Å². The van der Waals surface area contributed by atoms with Gasteiger partial charge < -0.3 is 9.73 Å². The van der Waals surface area contributed by atoms with E-state index in [-0.39, 0.29) is 10.5 Å². The topological polar surface area (TPSA) is 101 Å². The number of anilines is 1. The van der Waals surface area contributed by atoms with Crippen molar-refractivity contribution >= 4 is 21.6 Å². The highest BCUT2D eigenvalue weighted by molar-refractivity contribution is 7.89. The first-order chi connectivity index (χ1) is 13.2. The number of amides is 1. The molecule has 9 heteroatoms. The number of aryl methyl sites for hydroxylation is 2. The molecule has 3 aromatic rings. The molecule has 0 saturated heterocycles. The standard InChI is InChI=1S/C19H18FN3O4S/c1-11-12(2)27-19(22-11)13-5-4-6-14(9-13)23-18(24)16-10-15(7-8-17(16)20)28(25,26)21-3/h4-10,21H,1-3H3,(H,23,24). The van der Waals surface area contributed by atoms with Crippen LogP contribution in [0.15, 0.2) is 51.8 Å². The molecule has 0 aliphatic heterocycles. The molecular formula is C19H18FN3O4S. The Morgan fingerprint density at radius 3 is 2.54 bits per heavy atom. The molecule has 3 rings (SSSR count). The molecule has 0 bridgehead atoms. The molecule has 1 aromatic heterocycles. The van der Waals surface area contributed by atoms with Gasteiger partial charge in [0.25, 0.3) is 5.91 Å². The fraction of sp³-hybridized carbons (Fsp3) is 0.158. The monoisotopic (exact) mass is 403 g/mol. The second-order valence-corrected chi connectivity index (χ2v) is 7.93. The summed E-state index contributed by atoms with van der Waals surface area (Å²) in [6.45, 7) is 3.62. The summed E-state index contributed by atoms with van der Waals surface area (Å²) in [4.78, 5) is 16.6. The molecule has 28 heavy (non-hydrogen) atoms. The van der Waals surface area contributed by atoms with E-state index in [4.69, 9.17) is 4.42 Å². The van der Waals surface area contributed by atoms with E-state index in [1.165, 1.54) is 7.05 Å². The second kappa shape index (κ2) is 7.53. The van der Waals surface area contributed by atoms with Gasteiger partial charge in [-0.15, -0.1) is 0 Å². The molecule has 2 N–H and O–H groups in total. The molecule has 146 valence electrons. The number of nitrogens with one attached hydrogen (secondary N) is 2. The smallest absolute Gasteiger partial charge is 0.258 e. The lowest BCUT2D eigenvalue weighted by Gasteiger charge is -2.09. The summed E-state index contributed by atoms with van der Waals surface area (Å²) in [5.74, 6) is -0.515. The maximum Gasteiger partial charge on any atom is 0.258 e. The third kappa shape index (κ3) is 3.95. The number of hydrogen-bond donors (Lipinski definition) is 2. The van der Waals surface area contributed by atoms with Gasteiger partial charge in [0, 0.05) is 11.3 Å². The summed E-state index contributed by atoms with van der Waals surface area (Å²) in [6.07, 6.45) is 0. The molecule has 0 unspecified atom stereocenters. The number of oxazole rings is 1. The molecule has 0 spiro atoms. The summed E-state index contributed by atoms with van der Waals surface area (Å²) >= 11 is 0. The number of carbonyl (C=O) groups excluding carboxylic acids is 1. The molecule has 7 nitrogen and oxygen atoms in total. The largest absolute Gasteiger partial charge is 0.441 e. The van der Waals surface area contributed by atoms with Gasteiger partial charge in [-0.3, -0.25) is 4.79 Å². The summed E-state index contributed by atoms with van der Waals surface area (Å²) in [5.41, 5.74) is 1.40. The van der Waals surface area contributed by atoms with Crippen LogP contribution in [0.4, 0.5) is 10.1 Å². The Balaban J connectivity index is 1.90. The average molecular weight is 403 g/mol. The molecule has 0 aliphatic rings. The minimum atomic E-state index is -3.81. The van der Waals surface area contributed by atoms with Crippen molar-refractivity contribution in [3.05, 3.63) is 65.3 Å². The first-order valence-electron chi connectivity index (χ1n) is 8.30. The van der Waals surface area contributed by atoms with E-state index in [9.17, 15) is 17.6 Å². The lowest BCUT2D eigenvalue weighted by atomic mass is 10.1. The third-order valence-corrected chi connectivity index (χ3v) is 5.57. The van der Waals surface area contributed by atoms with Crippen molar-refractivity contribution in [2.45, 2.75) is 18.7 Å². The Morgan fingerprint density at radius 1 is 1.14 bits per heavy atom. The third-order valence-electron chi connectivity index (χ3n) is 4.16. The van der Waals surface area contributed by atoms with Gasteiger partial charge in [-0.25, -0.2) is 22.5 Å². The van der Waals surface area contributed by atoms with Gasteiger partial charge >= 0.3 is 0 Å². The normalized spacial score (nSPS) is 11.4. The Kier molecular flexibility index (Phi) is 5.30. The van der Waals surface area contributed by atoms with Crippen LogP contribution in [0.5, 0.6) is 0 Å². The van der Waals surface area contributed by atoms with E-state index in [1.54, 1.807) is 31.2 Å². The van der Waals surface area contributed by atoms with Gasteiger partial charge in [-0.2, -0.15) is 0 Å². The molecule has 0 aliphatic carbocycles. The van der Waals surface area contributed by atoms with Crippen molar-refractivity contribution < 1.29 is 22.0 Å². The van der Waals surface area contributed by atoms with Crippen LogP contribution < -0.4 is 10.0 Å². The van der Waals surface area contributed by atoms with Crippen molar-refractivity contribution in [3.63, 3.8) is 0 Å². The number of rotatable bonds is 5. The van der Waals surface area contributed by atoms with Crippen LogP contribution >= 0.6 is 0 Å². The highest BCUT2D eigenvalue weighted by atomic mass is 32.2. The maximum absolute atomic E-state index is 14.1. The zero-order valence-electron chi connectivity index (χ0n) is 15.4. The minimum Gasteiger partial charge on any atom is -0.441 e. The van der Waals surface area contributed by atoms with E-state index in [0.717, 1.165) is 23.9 Å². The number of carbonyl (C=O) groups is 1. The van der Waals surface area contributed by atoms with Crippen LogP contribution in [0.25, 0.3) is 11.5 Å². The van der Waals surface area contributed by atoms with Crippen LogP contribution in [-0.2, 0) is 10.0 Å². The second-order valence-electron chi connectivity index (χ2n) is 6.04. The maximum atomic E-state index is 14.1. The molecule has 0 atom stereocenters. The fourth-order valence-corrected chi connectivity index (χ4v) is 3.24. The molecule has 0 saturated carbocycles. The molecule has 1 heterocycles. The lowest BCUT2D eigenvalue weighted by molar-refractivity contribution is 0.102. The summed E-state index contributed by atoms with van der Waals surface area (Å²) in [7, 11) is -2.57. The van der Waals surface area contributed by atoms with Crippen molar-refractivity contribution in [3.8, 4) is 11.5 Å². The zero-order valence-corrected chi connectivity index (χ0v) is 16.2. The summed E-state index contributed by atoms with van der Waals surface area (Å²) in [5, 5.41) is 2.56. The van der Waals surface area contributed by atoms with E-state index in [1.807, 2.05) is 6.92 Å². The van der Waals surface area contributed by atoms with Crippen molar-refractivity contribution in [1.29, 1.82) is 0 Å². The SMILES string of the molecule is CNS(=O)(=O)c1ccc(F)c(C(=O)Nc2cccc(-c3nc(C)c(C)o3)c2)c1. The predicted octanol–water partition coefficient (Wildman–Crippen LogP) is 3.26. The quantitative estimate of drug-likeness (QED) is 0.681. The fourth-order valence-electron chi connectivity index (χ4n) is 2.49. The van der Waals surface area contributed by atoms with Gasteiger partial charge in [0.15, 0.2) is 0 Å². The lowest BCUT2D eigenvalue weighted by Crippen LogP contribution is -2.20. The molecule has 1 amide bonds. The molecule has 2 aromatic carbocycles. The van der Waals surface area contributed by atoms with E-state index < -0.39 is 21.7 Å². The predicted molar refractivity (Wildman–Crippen MR) is 102 cm³/mol. The number of halogens is 1. The summed E-state index contributed by atoms with van der Waals surface area (Å²) in [6, 6.07) is 9.73. The highest BCUT2D eigenvalue weighted by Gasteiger charge is 2.19. The van der Waals surface area contributed by atoms with Crippen LogP contribution in [-0.4, -0.2) is 26.4 Å². The van der Waals surface area contributed by atoms with Gasteiger partial charge in [0.1, 0.15) is 11.6 Å². The molecule has 0 fully saturated rings.